The van der Waals surface area contributed by atoms with Gasteiger partial charge in [-0.25, -0.2) is 0 Å². The minimum absolute atomic E-state index is 0.128. The molecule has 0 bridgehead atoms. The fraction of sp³-hybridized carbons (Fsp3) is 0. The molecule has 1 aromatic heterocycles. The summed E-state index contributed by atoms with van der Waals surface area (Å²) in [6.07, 6.45) is 1.90. The summed E-state index contributed by atoms with van der Waals surface area (Å²) in [4.78, 5) is 13.4. The maximum Gasteiger partial charge on any atom is 0.346 e. The van der Waals surface area contributed by atoms with Crippen molar-refractivity contribution < 1.29 is 24.6 Å². The van der Waals surface area contributed by atoms with Crippen molar-refractivity contribution in [3.63, 3.8) is 0 Å². The lowest BCUT2D eigenvalue weighted by Gasteiger charge is -2.01. The van der Waals surface area contributed by atoms with Gasteiger partial charge in [0.05, 0.1) is 4.92 Å². The van der Waals surface area contributed by atoms with Crippen LogP contribution < -0.4 is 5.26 Å². The predicted octanol–water partition coefficient (Wildman–Crippen LogP) is 0.472. The van der Waals surface area contributed by atoms with E-state index in [9.17, 15) is 25.6 Å². The van der Waals surface area contributed by atoms with Gasteiger partial charge in [0.2, 0.25) is 5.75 Å². The molecule has 0 spiro atoms. The van der Waals surface area contributed by atoms with Gasteiger partial charge in [-0.3, -0.25) is 10.1 Å². The molecule has 0 saturated heterocycles. The number of aromatic nitrogens is 1. The van der Waals surface area contributed by atoms with Crippen LogP contribution in [0, 0.1) is 10.1 Å². The molecule has 17 heavy (non-hydrogen) atoms. The third-order valence-electron chi connectivity index (χ3n) is 2.09. The van der Waals surface area contributed by atoms with E-state index in [1.54, 1.807) is 0 Å². The number of nitro benzene ring substituents is 1. The molecule has 0 aliphatic carbocycles. The molecule has 0 saturated carbocycles. The van der Waals surface area contributed by atoms with Crippen LogP contribution in [0.25, 0.3) is 11.3 Å². The number of rotatable bonds is 2. The Bertz CT molecular complexity index is 591. The number of aromatic hydroxyl groups is 2. The zero-order valence-electron chi connectivity index (χ0n) is 8.23. The molecule has 8 nitrogen and oxygen atoms in total. The number of benzene rings is 1. The Morgan fingerprint density at radius 2 is 2.06 bits per heavy atom. The van der Waals surface area contributed by atoms with Gasteiger partial charge in [0.15, 0.2) is 11.4 Å². The van der Waals surface area contributed by atoms with Gasteiger partial charge in [-0.2, -0.15) is 4.98 Å². The Morgan fingerprint density at radius 3 is 2.59 bits per heavy atom. The number of phenols is 2. The van der Waals surface area contributed by atoms with Gasteiger partial charge in [0.25, 0.3) is 6.26 Å². The van der Waals surface area contributed by atoms with E-state index in [0.29, 0.717) is 0 Å². The van der Waals surface area contributed by atoms with Crippen molar-refractivity contribution in [2.75, 3.05) is 0 Å². The molecule has 0 aliphatic rings. The third-order valence-corrected chi connectivity index (χ3v) is 2.09. The van der Waals surface area contributed by atoms with E-state index in [1.807, 2.05) is 0 Å². The highest BCUT2D eigenvalue weighted by Gasteiger charge is 2.21. The lowest BCUT2D eigenvalue weighted by molar-refractivity contribution is -0.697. The molecule has 0 amide bonds. The van der Waals surface area contributed by atoms with Gasteiger partial charge in [-0.15, -0.1) is 0 Å². The van der Waals surface area contributed by atoms with E-state index in [-0.39, 0.29) is 11.3 Å². The summed E-state index contributed by atoms with van der Waals surface area (Å²) in [5.74, 6) is -1.48. The fourth-order valence-electron chi connectivity index (χ4n) is 1.31. The Morgan fingerprint density at radius 1 is 1.35 bits per heavy atom. The highest BCUT2D eigenvalue weighted by atomic mass is 17.1. The van der Waals surface area contributed by atoms with Crippen molar-refractivity contribution >= 4 is 5.69 Å². The second-order valence-corrected chi connectivity index (χ2v) is 3.19. The van der Waals surface area contributed by atoms with Crippen molar-refractivity contribution in [3.8, 4) is 22.8 Å². The van der Waals surface area contributed by atoms with Gasteiger partial charge in [0.1, 0.15) is 0 Å². The Labute approximate surface area is 93.8 Å². The molecule has 88 valence electrons. The quantitative estimate of drug-likeness (QED) is 0.258. The summed E-state index contributed by atoms with van der Waals surface area (Å²) in [6.45, 7) is 0. The van der Waals surface area contributed by atoms with Crippen LogP contribution in [-0.4, -0.2) is 20.1 Å². The van der Waals surface area contributed by atoms with Crippen molar-refractivity contribution in [2.45, 2.75) is 0 Å². The molecule has 0 unspecified atom stereocenters. The minimum atomic E-state index is -0.847. The van der Waals surface area contributed by atoms with Gasteiger partial charge in [0, 0.05) is 11.6 Å². The lowest BCUT2D eigenvalue weighted by atomic mass is 10.1. The van der Waals surface area contributed by atoms with Crippen molar-refractivity contribution in [2.24, 2.45) is 0 Å². The first kappa shape index (κ1) is 10.7. The van der Waals surface area contributed by atoms with Crippen LogP contribution in [-0.2, 0) is 0 Å². The summed E-state index contributed by atoms with van der Waals surface area (Å²) in [5.41, 5.74) is -0.386. The second kappa shape index (κ2) is 3.67. The summed E-state index contributed by atoms with van der Waals surface area (Å²) >= 11 is 0. The predicted molar refractivity (Wildman–Crippen MR) is 51.9 cm³/mol. The Balaban J connectivity index is 2.60. The van der Waals surface area contributed by atoms with E-state index in [0.717, 1.165) is 24.8 Å². The molecule has 2 rings (SSSR count). The maximum absolute atomic E-state index is 10.8. The first-order valence-electron chi connectivity index (χ1n) is 4.35. The molecule has 2 aromatic rings. The summed E-state index contributed by atoms with van der Waals surface area (Å²) < 4.78 is 1.18. The zero-order valence-corrected chi connectivity index (χ0v) is 8.23. The van der Waals surface area contributed by atoms with Crippen LogP contribution in [0.2, 0.25) is 0 Å². The molecule has 1 aromatic carbocycles. The molecule has 2 N–H and O–H groups in total. The van der Waals surface area contributed by atoms with E-state index in [1.165, 1.54) is 4.20 Å². The molecule has 0 atom stereocenters. The maximum atomic E-state index is 10.8. The van der Waals surface area contributed by atoms with Gasteiger partial charge in [-0.05, 0) is 6.07 Å². The first-order chi connectivity index (χ1) is 7.99. The summed E-state index contributed by atoms with van der Waals surface area (Å²) in [6, 6.07) is 2.09. The van der Waals surface area contributed by atoms with Gasteiger partial charge in [-0.1, -0.05) is 0 Å². The molecule has 1 heterocycles. The topological polar surface area (TPSA) is 122 Å². The summed E-state index contributed by atoms with van der Waals surface area (Å²) in [7, 11) is 0. The lowest BCUT2D eigenvalue weighted by Crippen LogP contribution is -1.93. The SMILES string of the molecule is O=[N+]([O-])c1cc(-c2c[o+]([O-])cn2)cc(O)c1O. The zero-order chi connectivity index (χ0) is 12.6. The Hall–Kier alpha value is -2.77. The van der Waals surface area contributed by atoms with E-state index in [4.69, 9.17) is 0 Å². The molecule has 0 aliphatic heterocycles. The Kier molecular flexibility index (Phi) is 2.32. The van der Waals surface area contributed by atoms with E-state index < -0.39 is 22.1 Å². The fourth-order valence-corrected chi connectivity index (χ4v) is 1.31. The van der Waals surface area contributed by atoms with Crippen LogP contribution in [0.3, 0.4) is 0 Å². The number of nitro groups is 1. The number of nitrogens with zero attached hydrogens (tertiary/aromatic N) is 2. The van der Waals surface area contributed by atoms with Crippen molar-refractivity contribution in [1.29, 1.82) is 0 Å². The average Bonchev–Trinajstić information content (AvgIpc) is 2.68. The molecule has 8 heteroatoms. The second-order valence-electron chi connectivity index (χ2n) is 3.19. The first-order valence-corrected chi connectivity index (χ1v) is 4.35. The van der Waals surface area contributed by atoms with Crippen molar-refractivity contribution in [1.82, 2.24) is 4.98 Å². The smallest absolute Gasteiger partial charge is 0.346 e. The average molecular weight is 238 g/mol. The highest BCUT2D eigenvalue weighted by molar-refractivity contribution is 5.69. The molecule has 0 radical (unpaired) electrons. The number of hydrogen-bond acceptors (Lipinski definition) is 6. The highest BCUT2D eigenvalue weighted by Crippen LogP contribution is 2.38. The summed E-state index contributed by atoms with van der Waals surface area (Å²) in [5, 5.41) is 39.9. The van der Waals surface area contributed by atoms with Crippen LogP contribution in [0.4, 0.5) is 5.69 Å². The van der Waals surface area contributed by atoms with E-state index >= 15 is 0 Å². The third kappa shape index (κ3) is 1.83. The standard InChI is InChI=1S/C9H6N2O6/c12-8-2-5(6-3-17(16)4-10-6)1-7(9(8)13)11(14)15/h1-4,12-13H. The van der Waals surface area contributed by atoms with Crippen molar-refractivity contribution in [3.05, 3.63) is 34.9 Å². The largest absolute Gasteiger partial charge is 0.555 e. The number of phenolic OH excluding ortho intramolecular Hbond substituents is 2. The normalized spacial score (nSPS) is 10.4. The molecular formula is C9H6N2O6. The van der Waals surface area contributed by atoms with Crippen LogP contribution in [0.15, 0.2) is 29.0 Å². The van der Waals surface area contributed by atoms with Crippen LogP contribution >= 0.6 is 0 Å². The molecule has 0 fully saturated rings. The monoisotopic (exact) mass is 238 g/mol. The van der Waals surface area contributed by atoms with E-state index in [2.05, 4.69) is 4.98 Å². The molecular weight excluding hydrogens is 232 g/mol. The van der Waals surface area contributed by atoms with Crippen LogP contribution in [0.1, 0.15) is 0 Å². The minimum Gasteiger partial charge on any atom is -0.555 e. The van der Waals surface area contributed by atoms with Gasteiger partial charge >= 0.3 is 12.1 Å². The van der Waals surface area contributed by atoms with Crippen LogP contribution in [0.5, 0.6) is 11.5 Å². The number of hydrogen-bond donors (Lipinski definition) is 2. The number of oxazole rings is 1. The van der Waals surface area contributed by atoms with Gasteiger partial charge < -0.3 is 19.7 Å².